The molecule has 0 radical (unpaired) electrons. The van der Waals surface area contributed by atoms with Gasteiger partial charge in [0.25, 0.3) is 0 Å². The molecule has 15 heavy (non-hydrogen) atoms. The van der Waals surface area contributed by atoms with E-state index in [1.807, 2.05) is 0 Å². The average molecular weight is 209 g/mol. The predicted molar refractivity (Wildman–Crippen MR) is 60.5 cm³/mol. The molecular formula is C11H19N3O. The maximum atomic E-state index is 11.2. The Balaban J connectivity index is 2.24. The Bertz CT molecular complexity index is 263. The molecule has 2 amide bonds. The fraction of sp³-hybridized carbons (Fsp3) is 0.727. The van der Waals surface area contributed by atoms with Gasteiger partial charge >= 0.3 is 6.03 Å². The molecule has 84 valence electrons. The van der Waals surface area contributed by atoms with Crippen LogP contribution in [0.3, 0.4) is 0 Å². The Morgan fingerprint density at radius 3 is 2.67 bits per heavy atom. The summed E-state index contributed by atoms with van der Waals surface area (Å²) in [5.74, 6) is 6.12. The van der Waals surface area contributed by atoms with Crippen LogP contribution in [0.1, 0.15) is 13.8 Å². The lowest BCUT2D eigenvalue weighted by molar-refractivity contribution is 0.222. The van der Waals surface area contributed by atoms with E-state index in [9.17, 15) is 4.79 Å². The lowest BCUT2D eigenvalue weighted by Gasteiger charge is -2.13. The number of nitrogens with zero attached hydrogens (tertiary/aromatic N) is 2. The number of carbonyl (C=O) groups is 1. The summed E-state index contributed by atoms with van der Waals surface area (Å²) in [6, 6.07) is 0.00661. The Labute approximate surface area is 91.6 Å². The fourth-order valence-electron chi connectivity index (χ4n) is 1.43. The Morgan fingerprint density at radius 1 is 1.40 bits per heavy atom. The van der Waals surface area contributed by atoms with Gasteiger partial charge in [-0.25, -0.2) is 4.79 Å². The van der Waals surface area contributed by atoms with Crippen molar-refractivity contribution >= 4 is 6.03 Å². The number of amides is 2. The van der Waals surface area contributed by atoms with Gasteiger partial charge in [-0.3, -0.25) is 4.90 Å². The topological polar surface area (TPSA) is 35.6 Å². The Morgan fingerprint density at radius 2 is 2.13 bits per heavy atom. The van der Waals surface area contributed by atoms with Crippen molar-refractivity contribution in [3.63, 3.8) is 0 Å². The van der Waals surface area contributed by atoms with Crippen LogP contribution in [0.2, 0.25) is 0 Å². The first-order valence-corrected chi connectivity index (χ1v) is 5.48. The summed E-state index contributed by atoms with van der Waals surface area (Å²) >= 11 is 0. The van der Waals surface area contributed by atoms with Gasteiger partial charge < -0.3 is 10.2 Å². The molecule has 0 spiro atoms. The molecule has 1 saturated heterocycles. The zero-order chi connectivity index (χ0) is 11.1. The third-order valence-electron chi connectivity index (χ3n) is 2.54. The molecule has 1 N–H and O–H groups in total. The molecule has 4 nitrogen and oxygen atoms in total. The Hall–Kier alpha value is -1.21. The van der Waals surface area contributed by atoms with Gasteiger partial charge in [0.15, 0.2) is 0 Å². The standard InChI is InChI=1S/C11H19N3O/c1-3-13(4-2)8-5-6-9-14-10-7-12-11(14)15/h3-4,7-10H2,1-2H3,(H,12,15). The number of urea groups is 1. The summed E-state index contributed by atoms with van der Waals surface area (Å²) in [4.78, 5) is 15.1. The predicted octanol–water partition coefficient (Wildman–Crippen LogP) is 0.357. The molecule has 1 aliphatic rings. The van der Waals surface area contributed by atoms with Crippen LogP contribution in [0.25, 0.3) is 0 Å². The number of nitrogens with one attached hydrogen (secondary N) is 1. The van der Waals surface area contributed by atoms with Gasteiger partial charge in [-0.1, -0.05) is 25.7 Å². The largest absolute Gasteiger partial charge is 0.336 e. The molecule has 0 aromatic rings. The monoisotopic (exact) mass is 209 g/mol. The summed E-state index contributed by atoms with van der Waals surface area (Å²) in [5, 5.41) is 2.75. The molecule has 0 aliphatic carbocycles. The molecule has 1 heterocycles. The minimum absolute atomic E-state index is 0.00661. The van der Waals surface area contributed by atoms with Crippen LogP contribution in [0.5, 0.6) is 0 Å². The zero-order valence-corrected chi connectivity index (χ0v) is 9.55. The van der Waals surface area contributed by atoms with Crippen LogP contribution >= 0.6 is 0 Å². The molecule has 0 aromatic heterocycles. The van der Waals surface area contributed by atoms with E-state index in [4.69, 9.17) is 0 Å². The molecule has 0 unspecified atom stereocenters. The van der Waals surface area contributed by atoms with Gasteiger partial charge in [0.2, 0.25) is 0 Å². The van der Waals surface area contributed by atoms with Crippen molar-refractivity contribution in [2.24, 2.45) is 0 Å². The highest BCUT2D eigenvalue weighted by Crippen LogP contribution is 1.94. The molecule has 1 aliphatic heterocycles. The minimum Gasteiger partial charge on any atom is -0.336 e. The van der Waals surface area contributed by atoms with E-state index in [2.05, 4.69) is 35.9 Å². The van der Waals surface area contributed by atoms with Crippen LogP contribution in [0.4, 0.5) is 4.79 Å². The van der Waals surface area contributed by atoms with Crippen LogP contribution in [-0.4, -0.2) is 55.1 Å². The lowest BCUT2D eigenvalue weighted by atomic mass is 10.4. The highest BCUT2D eigenvalue weighted by Gasteiger charge is 2.17. The molecule has 0 bridgehead atoms. The zero-order valence-electron chi connectivity index (χ0n) is 9.55. The van der Waals surface area contributed by atoms with E-state index in [-0.39, 0.29) is 6.03 Å². The van der Waals surface area contributed by atoms with Crippen LogP contribution in [0.15, 0.2) is 0 Å². The van der Waals surface area contributed by atoms with Gasteiger partial charge in [-0.05, 0) is 13.1 Å². The molecular weight excluding hydrogens is 190 g/mol. The molecule has 1 fully saturated rings. The average Bonchev–Trinajstić information content (AvgIpc) is 2.65. The van der Waals surface area contributed by atoms with Crippen LogP contribution in [-0.2, 0) is 0 Å². The second-order valence-electron chi connectivity index (χ2n) is 3.47. The summed E-state index contributed by atoms with van der Waals surface area (Å²) < 4.78 is 0. The molecule has 0 aromatic carbocycles. The van der Waals surface area contributed by atoms with Crippen molar-refractivity contribution in [2.75, 3.05) is 39.3 Å². The maximum Gasteiger partial charge on any atom is 0.318 e. The van der Waals surface area contributed by atoms with Gasteiger partial charge in [0.1, 0.15) is 0 Å². The van der Waals surface area contributed by atoms with Crippen LogP contribution in [0, 0.1) is 11.8 Å². The van der Waals surface area contributed by atoms with Crippen molar-refractivity contribution in [3.8, 4) is 11.8 Å². The summed E-state index contributed by atoms with van der Waals surface area (Å²) in [7, 11) is 0. The van der Waals surface area contributed by atoms with Gasteiger partial charge in [-0.2, -0.15) is 0 Å². The van der Waals surface area contributed by atoms with Crippen molar-refractivity contribution in [2.45, 2.75) is 13.8 Å². The second kappa shape index (κ2) is 6.31. The van der Waals surface area contributed by atoms with E-state index in [1.54, 1.807) is 4.90 Å². The first kappa shape index (κ1) is 11.9. The van der Waals surface area contributed by atoms with Crippen molar-refractivity contribution in [1.82, 2.24) is 15.1 Å². The fourth-order valence-corrected chi connectivity index (χ4v) is 1.43. The van der Waals surface area contributed by atoms with Crippen molar-refractivity contribution in [3.05, 3.63) is 0 Å². The van der Waals surface area contributed by atoms with Crippen molar-refractivity contribution < 1.29 is 4.79 Å². The van der Waals surface area contributed by atoms with Gasteiger partial charge in [0.05, 0.1) is 13.1 Å². The van der Waals surface area contributed by atoms with E-state index >= 15 is 0 Å². The third-order valence-corrected chi connectivity index (χ3v) is 2.54. The number of rotatable bonds is 4. The van der Waals surface area contributed by atoms with E-state index in [0.717, 1.165) is 32.7 Å². The summed E-state index contributed by atoms with van der Waals surface area (Å²) in [6.45, 7) is 9.16. The number of hydrogen-bond acceptors (Lipinski definition) is 2. The van der Waals surface area contributed by atoms with Gasteiger partial charge in [-0.15, -0.1) is 0 Å². The lowest BCUT2D eigenvalue weighted by Crippen LogP contribution is -2.28. The molecule has 0 saturated carbocycles. The highest BCUT2D eigenvalue weighted by molar-refractivity contribution is 5.76. The molecule has 4 heteroatoms. The van der Waals surface area contributed by atoms with E-state index < -0.39 is 0 Å². The smallest absolute Gasteiger partial charge is 0.318 e. The molecule has 0 atom stereocenters. The minimum atomic E-state index is 0.00661. The normalized spacial score (nSPS) is 15.1. The second-order valence-corrected chi connectivity index (χ2v) is 3.47. The van der Waals surface area contributed by atoms with E-state index in [0.29, 0.717) is 6.54 Å². The first-order valence-electron chi connectivity index (χ1n) is 5.48. The van der Waals surface area contributed by atoms with Crippen molar-refractivity contribution in [1.29, 1.82) is 0 Å². The van der Waals surface area contributed by atoms with Gasteiger partial charge in [0, 0.05) is 13.1 Å². The molecule has 1 rings (SSSR count). The SMILES string of the molecule is CCN(CC)CC#CCN1CCNC1=O. The first-order chi connectivity index (χ1) is 7.27. The number of carbonyl (C=O) groups excluding carboxylic acids is 1. The number of hydrogen-bond donors (Lipinski definition) is 1. The summed E-state index contributed by atoms with van der Waals surface area (Å²) in [5.41, 5.74) is 0. The quantitative estimate of drug-likeness (QED) is 0.678. The van der Waals surface area contributed by atoms with E-state index in [1.165, 1.54) is 0 Å². The Kier molecular flexibility index (Phi) is 4.99. The highest BCUT2D eigenvalue weighted by atomic mass is 16.2. The van der Waals surface area contributed by atoms with Crippen LogP contribution < -0.4 is 5.32 Å². The maximum absolute atomic E-state index is 11.2. The third kappa shape index (κ3) is 3.80. The summed E-state index contributed by atoms with van der Waals surface area (Å²) in [6.07, 6.45) is 0.